The lowest BCUT2D eigenvalue weighted by atomic mass is 9.99. The second-order valence-electron chi connectivity index (χ2n) is 16.9. The lowest BCUT2D eigenvalue weighted by Crippen LogP contribution is -2.55. The van der Waals surface area contributed by atoms with E-state index >= 15 is 0 Å². The standard InChI is InChI=1S/C43H58ClF3N8O6/c44-35-27-30(26-34(39(35)48)43(45,46)47)28-37(61-42(59)54-17-11-33(12-18-54)55-19-8-31-6-2-3-7-36(31)49-41(55)58)40(57)53-15-9-32(10-16-53)52-22-20-51(21-23-52)29-38(56)60-25-24-50-13-4-1-5-14-50/h2-3,6-7,26-27,32-33,37H,1,4-5,8-25,28-29,48H2,(H,49,58)/t37-/m1/s1. The van der Waals surface area contributed by atoms with Gasteiger partial charge in [0.15, 0.2) is 6.10 Å². The van der Waals surface area contributed by atoms with Crippen molar-refractivity contribution in [3.63, 3.8) is 0 Å². The number of nitrogens with two attached hydrogens (primary N) is 1. The van der Waals surface area contributed by atoms with Gasteiger partial charge in [0, 0.05) is 89.6 Å². The number of anilines is 2. The fraction of sp³-hybridized carbons (Fsp3) is 0.628. The summed E-state index contributed by atoms with van der Waals surface area (Å²) in [7, 11) is 0. The number of likely N-dealkylation sites (tertiary alicyclic amines) is 3. The molecule has 0 bridgehead atoms. The fourth-order valence-corrected chi connectivity index (χ4v) is 9.60. The fourth-order valence-electron chi connectivity index (χ4n) is 9.36. The highest BCUT2D eigenvalue weighted by Crippen LogP contribution is 2.38. The topological polar surface area (TPSA) is 144 Å². The number of fused-ring (bicyclic) bond motifs is 1. The first-order chi connectivity index (χ1) is 29.3. The smallest absolute Gasteiger partial charge is 0.418 e. The number of nitrogens with one attached hydrogen (secondary N) is 1. The number of esters is 1. The van der Waals surface area contributed by atoms with Crippen molar-refractivity contribution in [1.82, 2.24) is 29.4 Å². The van der Waals surface area contributed by atoms with Crippen molar-refractivity contribution in [2.75, 3.05) is 103 Å². The normalized spacial score (nSPS) is 21.0. The van der Waals surface area contributed by atoms with Crippen molar-refractivity contribution in [2.24, 2.45) is 0 Å². The van der Waals surface area contributed by atoms with Crippen LogP contribution in [-0.4, -0.2) is 163 Å². The maximum atomic E-state index is 14.2. The summed E-state index contributed by atoms with van der Waals surface area (Å²) in [6.07, 6.45) is -0.634. The van der Waals surface area contributed by atoms with E-state index in [4.69, 9.17) is 26.8 Å². The van der Waals surface area contributed by atoms with Crippen LogP contribution in [0.15, 0.2) is 36.4 Å². The quantitative estimate of drug-likeness (QED) is 0.229. The van der Waals surface area contributed by atoms with Gasteiger partial charge in [-0.15, -0.1) is 0 Å². The summed E-state index contributed by atoms with van der Waals surface area (Å²) in [6, 6.07) is 9.70. The number of para-hydroxylation sites is 1. The zero-order chi connectivity index (χ0) is 43.1. The molecule has 3 N–H and O–H groups in total. The van der Waals surface area contributed by atoms with Crippen molar-refractivity contribution >= 4 is 47.0 Å². The van der Waals surface area contributed by atoms with Gasteiger partial charge in [-0.05, 0) is 87.4 Å². The maximum Gasteiger partial charge on any atom is 0.418 e. The number of benzene rings is 2. The van der Waals surface area contributed by atoms with Crippen LogP contribution in [0.4, 0.5) is 34.1 Å². The number of piperidine rings is 3. The molecular weight excluding hydrogens is 817 g/mol. The third kappa shape index (κ3) is 11.6. The zero-order valence-electron chi connectivity index (χ0n) is 34.7. The monoisotopic (exact) mass is 874 g/mol. The first kappa shape index (κ1) is 44.7. The molecule has 334 valence electrons. The Balaban J connectivity index is 0.925. The van der Waals surface area contributed by atoms with Crippen molar-refractivity contribution in [3.8, 4) is 0 Å². The van der Waals surface area contributed by atoms with Crippen LogP contribution in [-0.2, 0) is 38.1 Å². The van der Waals surface area contributed by atoms with Gasteiger partial charge in [0.25, 0.3) is 5.91 Å². The molecule has 0 unspecified atom stereocenters. The number of amides is 4. The Morgan fingerprint density at radius 2 is 1.51 bits per heavy atom. The molecule has 5 aliphatic heterocycles. The van der Waals surface area contributed by atoms with E-state index in [-0.39, 0.29) is 60.7 Å². The number of piperazine rings is 1. The van der Waals surface area contributed by atoms with Crippen molar-refractivity contribution in [1.29, 1.82) is 0 Å². The molecule has 4 amide bonds. The van der Waals surface area contributed by atoms with E-state index in [1.165, 1.54) is 30.2 Å². The predicted octanol–water partition coefficient (Wildman–Crippen LogP) is 5.18. The summed E-state index contributed by atoms with van der Waals surface area (Å²) in [6.45, 7) is 8.37. The van der Waals surface area contributed by atoms with Gasteiger partial charge in [-0.3, -0.25) is 24.3 Å². The first-order valence-electron chi connectivity index (χ1n) is 21.7. The number of carbonyl (C=O) groups is 4. The highest BCUT2D eigenvalue weighted by Gasteiger charge is 2.39. The van der Waals surface area contributed by atoms with E-state index in [0.717, 1.165) is 63.1 Å². The summed E-state index contributed by atoms with van der Waals surface area (Å²) in [4.78, 5) is 65.4. The maximum absolute atomic E-state index is 14.2. The number of ether oxygens (including phenoxy) is 2. The van der Waals surface area contributed by atoms with Gasteiger partial charge < -0.3 is 35.2 Å². The average molecular weight is 875 g/mol. The van der Waals surface area contributed by atoms with Crippen LogP contribution in [0.3, 0.4) is 0 Å². The van der Waals surface area contributed by atoms with Crippen LogP contribution in [0, 0.1) is 0 Å². The molecule has 14 nitrogen and oxygen atoms in total. The van der Waals surface area contributed by atoms with E-state index in [1.54, 1.807) is 9.80 Å². The Morgan fingerprint density at radius 3 is 2.21 bits per heavy atom. The summed E-state index contributed by atoms with van der Waals surface area (Å²) in [5.41, 5.74) is 5.85. The molecule has 4 fully saturated rings. The Morgan fingerprint density at radius 1 is 0.836 bits per heavy atom. The Kier molecular flexibility index (Phi) is 14.8. The van der Waals surface area contributed by atoms with E-state index in [1.807, 2.05) is 24.3 Å². The second-order valence-corrected chi connectivity index (χ2v) is 17.3. The minimum absolute atomic E-state index is 0.0585. The highest BCUT2D eigenvalue weighted by atomic mass is 35.5. The van der Waals surface area contributed by atoms with Crippen LogP contribution in [0.5, 0.6) is 0 Å². The number of urea groups is 1. The Labute approximate surface area is 360 Å². The van der Waals surface area contributed by atoms with Gasteiger partial charge in [-0.1, -0.05) is 36.2 Å². The predicted molar refractivity (Wildman–Crippen MR) is 224 cm³/mol. The third-order valence-electron chi connectivity index (χ3n) is 12.9. The minimum Gasteiger partial charge on any atom is -0.463 e. The van der Waals surface area contributed by atoms with Crippen LogP contribution >= 0.6 is 11.6 Å². The number of hydrogen-bond acceptors (Lipinski definition) is 10. The molecule has 18 heteroatoms. The van der Waals surface area contributed by atoms with Gasteiger partial charge in [-0.2, -0.15) is 13.2 Å². The third-order valence-corrected chi connectivity index (χ3v) is 13.2. The van der Waals surface area contributed by atoms with E-state index in [0.29, 0.717) is 58.3 Å². The molecule has 0 aromatic heterocycles. The number of nitrogens with zero attached hydrogens (tertiary/aromatic N) is 6. The van der Waals surface area contributed by atoms with Crippen LogP contribution in [0.1, 0.15) is 61.6 Å². The Bertz CT molecular complexity index is 1860. The number of nitrogen functional groups attached to an aromatic ring is 1. The van der Waals surface area contributed by atoms with Crippen LogP contribution in [0.2, 0.25) is 5.02 Å². The van der Waals surface area contributed by atoms with Gasteiger partial charge in [-0.25, -0.2) is 9.59 Å². The lowest BCUT2D eigenvalue weighted by Gasteiger charge is -2.43. The van der Waals surface area contributed by atoms with Gasteiger partial charge in [0.05, 0.1) is 22.8 Å². The molecule has 0 saturated carbocycles. The molecule has 7 rings (SSSR count). The summed E-state index contributed by atoms with van der Waals surface area (Å²) in [5, 5.41) is 2.68. The summed E-state index contributed by atoms with van der Waals surface area (Å²) < 4.78 is 53.2. The van der Waals surface area contributed by atoms with Gasteiger partial charge >= 0.3 is 24.3 Å². The minimum atomic E-state index is -4.79. The number of carbonyl (C=O) groups excluding carboxylic acids is 4. The largest absolute Gasteiger partial charge is 0.463 e. The van der Waals surface area contributed by atoms with Gasteiger partial charge in [0.1, 0.15) is 6.61 Å². The van der Waals surface area contributed by atoms with Crippen molar-refractivity contribution < 1.29 is 41.8 Å². The zero-order valence-corrected chi connectivity index (χ0v) is 35.4. The van der Waals surface area contributed by atoms with E-state index in [9.17, 15) is 32.3 Å². The molecule has 5 heterocycles. The van der Waals surface area contributed by atoms with Crippen LogP contribution in [0.25, 0.3) is 0 Å². The number of rotatable bonds is 11. The molecule has 0 spiro atoms. The van der Waals surface area contributed by atoms with Crippen molar-refractivity contribution in [3.05, 3.63) is 58.1 Å². The van der Waals surface area contributed by atoms with Crippen molar-refractivity contribution in [2.45, 2.75) is 82.2 Å². The molecule has 0 radical (unpaired) electrons. The Hall–Kier alpha value is -4.32. The number of halogens is 4. The first-order valence-corrected chi connectivity index (χ1v) is 22.1. The molecule has 4 saturated heterocycles. The number of alkyl halides is 3. The average Bonchev–Trinajstić information content (AvgIpc) is 3.42. The molecule has 0 aliphatic carbocycles. The summed E-state index contributed by atoms with van der Waals surface area (Å²) >= 11 is 6.16. The lowest BCUT2D eigenvalue weighted by molar-refractivity contribution is -0.146. The SMILES string of the molecule is Nc1c(Cl)cc(C[C@@H](OC(=O)N2CCC(N3CCc4ccccc4NC3=O)CC2)C(=O)N2CCC(N3CCN(CC(=O)OCCN4CCCCC4)CC3)CC2)cc1C(F)(F)F. The van der Waals surface area contributed by atoms with Crippen LogP contribution < -0.4 is 11.1 Å². The van der Waals surface area contributed by atoms with Gasteiger partial charge in [0.2, 0.25) is 0 Å². The second kappa shape index (κ2) is 20.2. The molecule has 2 aromatic rings. The molecule has 1 atom stereocenters. The van der Waals surface area contributed by atoms with E-state index in [2.05, 4.69) is 20.0 Å². The highest BCUT2D eigenvalue weighted by molar-refractivity contribution is 6.33. The molecular formula is C43H58ClF3N8O6. The molecule has 61 heavy (non-hydrogen) atoms. The van der Waals surface area contributed by atoms with E-state index < -0.39 is 35.5 Å². The molecule has 2 aromatic carbocycles. The summed E-state index contributed by atoms with van der Waals surface area (Å²) in [5.74, 6) is -0.700. The number of hydrogen-bond donors (Lipinski definition) is 2. The molecule has 5 aliphatic rings.